The molecule has 0 spiro atoms. The van der Waals surface area contributed by atoms with E-state index in [0.717, 1.165) is 0 Å². The molecule has 2 aromatic carbocycles. The number of carbonyl (C=O) groups excluding carboxylic acids is 1. The molecule has 8 nitrogen and oxygen atoms in total. The van der Waals surface area contributed by atoms with Crippen molar-refractivity contribution in [2.45, 2.75) is 6.54 Å². The van der Waals surface area contributed by atoms with Crippen LogP contribution < -0.4 is 5.56 Å². The maximum Gasteiger partial charge on any atom is 0.270 e. The minimum Gasteiger partial charge on any atom is -0.334 e. The van der Waals surface area contributed by atoms with Crippen molar-refractivity contribution in [3.8, 4) is 0 Å². The Morgan fingerprint density at radius 2 is 2.00 bits per heavy atom. The predicted octanol–water partition coefficient (Wildman–Crippen LogP) is 2.10. The lowest BCUT2D eigenvalue weighted by Crippen LogP contribution is -2.28. The second-order valence-electron chi connectivity index (χ2n) is 5.50. The maximum atomic E-state index is 12.5. The van der Waals surface area contributed by atoms with Crippen LogP contribution in [0.15, 0.2) is 53.3 Å². The molecule has 0 bridgehead atoms. The van der Waals surface area contributed by atoms with Gasteiger partial charge in [-0.3, -0.25) is 19.7 Å². The molecule has 0 saturated heterocycles. The zero-order valence-electron chi connectivity index (χ0n) is 13.3. The van der Waals surface area contributed by atoms with E-state index in [1.54, 1.807) is 24.3 Å². The van der Waals surface area contributed by atoms with Crippen molar-refractivity contribution in [2.75, 3.05) is 7.05 Å². The van der Waals surface area contributed by atoms with E-state index >= 15 is 0 Å². The van der Waals surface area contributed by atoms with Gasteiger partial charge in [0, 0.05) is 24.7 Å². The average molecular weight is 338 g/mol. The predicted molar refractivity (Wildman–Crippen MR) is 91.3 cm³/mol. The van der Waals surface area contributed by atoms with Crippen molar-refractivity contribution in [3.63, 3.8) is 0 Å². The Labute approximate surface area is 141 Å². The summed E-state index contributed by atoms with van der Waals surface area (Å²) in [5, 5.41) is 11.3. The number of nitro groups is 1. The third kappa shape index (κ3) is 3.37. The van der Waals surface area contributed by atoms with E-state index in [4.69, 9.17) is 0 Å². The van der Waals surface area contributed by atoms with Gasteiger partial charge in [-0.2, -0.15) is 0 Å². The Morgan fingerprint density at radius 3 is 2.76 bits per heavy atom. The fraction of sp³-hybridized carbons (Fsp3) is 0.118. The van der Waals surface area contributed by atoms with Crippen LogP contribution in [-0.4, -0.2) is 32.7 Å². The van der Waals surface area contributed by atoms with Gasteiger partial charge >= 0.3 is 0 Å². The summed E-state index contributed by atoms with van der Waals surface area (Å²) in [7, 11) is 1.54. The highest BCUT2D eigenvalue weighted by molar-refractivity contribution is 5.94. The summed E-state index contributed by atoms with van der Waals surface area (Å²) in [4.78, 5) is 43.1. The Bertz CT molecular complexity index is 1030. The van der Waals surface area contributed by atoms with Crippen molar-refractivity contribution in [3.05, 3.63) is 80.4 Å². The van der Waals surface area contributed by atoms with Gasteiger partial charge in [0.15, 0.2) is 0 Å². The van der Waals surface area contributed by atoms with Gasteiger partial charge in [-0.15, -0.1) is 0 Å². The van der Waals surface area contributed by atoms with Crippen LogP contribution >= 0.6 is 0 Å². The largest absolute Gasteiger partial charge is 0.334 e. The van der Waals surface area contributed by atoms with Crippen LogP contribution in [0.4, 0.5) is 5.69 Å². The van der Waals surface area contributed by atoms with Crippen molar-refractivity contribution in [1.82, 2.24) is 14.9 Å². The second kappa shape index (κ2) is 6.52. The van der Waals surface area contributed by atoms with Gasteiger partial charge in [-0.25, -0.2) is 4.98 Å². The second-order valence-corrected chi connectivity index (χ2v) is 5.50. The number of amides is 1. The molecule has 0 aliphatic carbocycles. The molecule has 1 aromatic heterocycles. The van der Waals surface area contributed by atoms with Gasteiger partial charge in [0.25, 0.3) is 17.2 Å². The lowest BCUT2D eigenvalue weighted by atomic mass is 10.2. The molecule has 0 aliphatic rings. The minimum atomic E-state index is -0.556. The van der Waals surface area contributed by atoms with E-state index in [9.17, 15) is 19.7 Å². The molecule has 0 unspecified atom stereocenters. The molecule has 126 valence electrons. The van der Waals surface area contributed by atoms with Crippen LogP contribution in [0.5, 0.6) is 0 Å². The number of nitrogens with zero attached hydrogens (tertiary/aromatic N) is 3. The number of nitro benzene ring substituents is 1. The number of aromatic amines is 1. The summed E-state index contributed by atoms with van der Waals surface area (Å²) < 4.78 is 0. The molecule has 0 fully saturated rings. The quantitative estimate of drug-likeness (QED) is 0.579. The highest BCUT2D eigenvalue weighted by atomic mass is 16.6. The van der Waals surface area contributed by atoms with Crippen molar-refractivity contribution >= 4 is 22.5 Å². The summed E-state index contributed by atoms with van der Waals surface area (Å²) >= 11 is 0. The first-order valence-corrected chi connectivity index (χ1v) is 7.43. The number of nitrogens with one attached hydrogen (secondary N) is 1. The van der Waals surface area contributed by atoms with Crippen LogP contribution in [0.2, 0.25) is 0 Å². The summed E-state index contributed by atoms with van der Waals surface area (Å²) in [6, 6.07) is 12.4. The molecule has 3 rings (SSSR count). The first kappa shape index (κ1) is 16.3. The molecule has 0 atom stereocenters. The molecule has 8 heteroatoms. The Balaban J connectivity index is 1.85. The molecule has 1 heterocycles. The van der Waals surface area contributed by atoms with E-state index in [1.807, 2.05) is 0 Å². The zero-order valence-corrected chi connectivity index (χ0v) is 13.3. The molecule has 0 radical (unpaired) electrons. The number of benzene rings is 2. The topological polar surface area (TPSA) is 109 Å². The first-order valence-electron chi connectivity index (χ1n) is 7.43. The summed E-state index contributed by atoms with van der Waals surface area (Å²) in [5.41, 5.74) is 0.297. The van der Waals surface area contributed by atoms with Gasteiger partial charge in [-0.1, -0.05) is 18.2 Å². The Morgan fingerprint density at radius 1 is 1.24 bits per heavy atom. The molecule has 0 aliphatic heterocycles. The highest BCUT2D eigenvalue weighted by Crippen LogP contribution is 2.15. The van der Waals surface area contributed by atoms with E-state index in [0.29, 0.717) is 16.7 Å². The smallest absolute Gasteiger partial charge is 0.270 e. The van der Waals surface area contributed by atoms with Crippen molar-refractivity contribution in [1.29, 1.82) is 0 Å². The molecule has 1 amide bonds. The molecule has 1 N–H and O–H groups in total. The number of hydrogen-bond donors (Lipinski definition) is 1. The Kier molecular flexibility index (Phi) is 4.25. The highest BCUT2D eigenvalue weighted by Gasteiger charge is 2.16. The maximum absolute atomic E-state index is 12.5. The summed E-state index contributed by atoms with van der Waals surface area (Å²) in [5.74, 6) is -0.0653. The van der Waals surface area contributed by atoms with E-state index in [2.05, 4.69) is 9.97 Å². The van der Waals surface area contributed by atoms with Gasteiger partial charge < -0.3 is 9.88 Å². The van der Waals surface area contributed by atoms with Crippen LogP contribution in [-0.2, 0) is 6.54 Å². The van der Waals surface area contributed by atoms with Crippen molar-refractivity contribution in [2.24, 2.45) is 0 Å². The van der Waals surface area contributed by atoms with Gasteiger partial charge in [0.05, 0.1) is 22.4 Å². The fourth-order valence-corrected chi connectivity index (χ4v) is 2.48. The van der Waals surface area contributed by atoms with Gasteiger partial charge in [0.2, 0.25) is 0 Å². The Hall–Kier alpha value is -3.55. The van der Waals surface area contributed by atoms with Crippen LogP contribution in [0.1, 0.15) is 16.2 Å². The molecule has 3 aromatic rings. The number of rotatable bonds is 4. The first-order chi connectivity index (χ1) is 12.0. The third-order valence-corrected chi connectivity index (χ3v) is 3.70. The van der Waals surface area contributed by atoms with E-state index in [-0.39, 0.29) is 23.4 Å². The normalized spacial score (nSPS) is 10.6. The number of para-hydroxylation sites is 1. The molecule has 25 heavy (non-hydrogen) atoms. The SMILES string of the molecule is CN(Cc1nc2ccccc2c(=O)[nH]1)C(=O)c1cccc([N+](=O)[O-])c1. The number of hydrogen-bond acceptors (Lipinski definition) is 5. The van der Waals surface area contributed by atoms with Gasteiger partial charge in [0.1, 0.15) is 5.82 Å². The average Bonchev–Trinajstić information content (AvgIpc) is 2.61. The lowest BCUT2D eigenvalue weighted by molar-refractivity contribution is -0.384. The number of non-ortho nitro benzene ring substituents is 1. The van der Waals surface area contributed by atoms with Crippen molar-refractivity contribution < 1.29 is 9.72 Å². The zero-order chi connectivity index (χ0) is 18.0. The monoisotopic (exact) mass is 338 g/mol. The van der Waals surface area contributed by atoms with Crippen LogP contribution in [0, 0.1) is 10.1 Å². The van der Waals surface area contributed by atoms with E-state index < -0.39 is 10.8 Å². The summed E-state index contributed by atoms with van der Waals surface area (Å²) in [6.45, 7) is 0.0710. The third-order valence-electron chi connectivity index (χ3n) is 3.70. The lowest BCUT2D eigenvalue weighted by Gasteiger charge is -2.16. The van der Waals surface area contributed by atoms with E-state index in [1.165, 1.54) is 36.2 Å². The summed E-state index contributed by atoms with van der Waals surface area (Å²) in [6.07, 6.45) is 0. The standard InChI is InChI=1S/C17H14N4O4/c1-20(17(23)11-5-4-6-12(9-11)21(24)25)10-15-18-14-8-3-2-7-13(14)16(22)19-15/h2-9H,10H2,1H3,(H,18,19,22). The minimum absolute atomic E-state index is 0.0710. The number of H-pyrrole nitrogens is 1. The van der Waals surface area contributed by atoms with Crippen LogP contribution in [0.25, 0.3) is 10.9 Å². The number of carbonyl (C=O) groups is 1. The van der Waals surface area contributed by atoms with Gasteiger partial charge in [-0.05, 0) is 18.2 Å². The van der Waals surface area contributed by atoms with Crippen LogP contribution in [0.3, 0.4) is 0 Å². The number of aromatic nitrogens is 2. The fourth-order valence-electron chi connectivity index (χ4n) is 2.48. The molecular weight excluding hydrogens is 324 g/mol. The number of fused-ring (bicyclic) bond motifs is 1. The molecule has 0 saturated carbocycles. The molecular formula is C17H14N4O4.